The average Bonchev–Trinajstić information content (AvgIpc) is 3.24. The Morgan fingerprint density at radius 1 is 1.12 bits per heavy atom. The van der Waals surface area contributed by atoms with Crippen molar-refractivity contribution in [3.63, 3.8) is 0 Å². The fraction of sp³-hybridized carbons (Fsp3) is 0.607. The van der Waals surface area contributed by atoms with Crippen LogP contribution in [0.25, 0.3) is 0 Å². The highest BCUT2D eigenvalue weighted by atomic mass is 32.2. The summed E-state index contributed by atoms with van der Waals surface area (Å²) in [6, 6.07) is -0.641. The van der Waals surface area contributed by atoms with E-state index in [1.54, 1.807) is 0 Å². The van der Waals surface area contributed by atoms with E-state index in [4.69, 9.17) is 15.9 Å². The smallest absolute Gasteiger partial charge is 0.322 e. The number of amides is 2. The summed E-state index contributed by atoms with van der Waals surface area (Å²) in [6.45, 7) is 1.41. The second-order valence-corrected chi connectivity index (χ2v) is 12.6. The largest absolute Gasteiger partial charge is 0.504 e. The topological polar surface area (TPSA) is 216 Å². The van der Waals surface area contributed by atoms with Gasteiger partial charge in [0.15, 0.2) is 11.5 Å². The minimum Gasteiger partial charge on any atom is -0.504 e. The number of carboxylic acid groups (broad SMARTS) is 2. The number of fused-ring (bicyclic) bond motifs is 5. The van der Waals surface area contributed by atoms with Crippen molar-refractivity contribution in [2.45, 2.75) is 81.2 Å². The van der Waals surface area contributed by atoms with E-state index in [0.29, 0.717) is 35.0 Å². The molecule has 13 heteroatoms. The Bertz CT molecular complexity index is 1250. The van der Waals surface area contributed by atoms with Crippen LogP contribution in [0.4, 0.5) is 0 Å². The van der Waals surface area contributed by atoms with Gasteiger partial charge in [0.05, 0.1) is 4.90 Å². The van der Waals surface area contributed by atoms with Gasteiger partial charge in [-0.1, -0.05) is 6.92 Å². The zero-order chi connectivity index (χ0) is 30.1. The molecule has 0 bridgehead atoms. The number of carbonyl (C=O) groups is 5. The molecule has 0 aliphatic heterocycles. The molecule has 0 spiro atoms. The molecule has 8 N–H and O–H groups in total. The number of carboxylic acids is 2. The van der Waals surface area contributed by atoms with Gasteiger partial charge in [0.2, 0.25) is 11.8 Å². The number of thioether (sulfide) groups is 1. The van der Waals surface area contributed by atoms with Crippen molar-refractivity contribution in [3.05, 3.63) is 17.2 Å². The van der Waals surface area contributed by atoms with Crippen LogP contribution >= 0.6 is 11.8 Å². The minimum atomic E-state index is -1.28. The molecule has 0 unspecified atom stereocenters. The van der Waals surface area contributed by atoms with Gasteiger partial charge in [-0.05, 0) is 67.9 Å². The van der Waals surface area contributed by atoms with Crippen LogP contribution in [0, 0.1) is 17.3 Å². The van der Waals surface area contributed by atoms with Gasteiger partial charge in [0.1, 0.15) is 24.4 Å². The third-order valence-corrected chi connectivity index (χ3v) is 10.2. The van der Waals surface area contributed by atoms with E-state index in [1.807, 2.05) is 6.07 Å². The predicted molar refractivity (Wildman–Crippen MR) is 148 cm³/mol. The molecule has 1 aromatic rings. The molecular weight excluding hydrogens is 554 g/mol. The van der Waals surface area contributed by atoms with Gasteiger partial charge in [-0.25, -0.2) is 0 Å². The maximum Gasteiger partial charge on any atom is 0.322 e. The molecule has 41 heavy (non-hydrogen) atoms. The summed E-state index contributed by atoms with van der Waals surface area (Å²) in [7, 11) is 0. The molecular formula is C28H37N3O9S. The van der Waals surface area contributed by atoms with Gasteiger partial charge in [0.25, 0.3) is 0 Å². The summed E-state index contributed by atoms with van der Waals surface area (Å²) in [5.41, 5.74) is 6.77. The summed E-state index contributed by atoms with van der Waals surface area (Å²) in [5, 5.41) is 44.4. The van der Waals surface area contributed by atoms with E-state index in [-0.39, 0.29) is 47.3 Å². The van der Waals surface area contributed by atoms with Gasteiger partial charge in [-0.2, -0.15) is 0 Å². The Hall–Kier alpha value is -3.32. The van der Waals surface area contributed by atoms with Crippen molar-refractivity contribution in [3.8, 4) is 11.5 Å². The van der Waals surface area contributed by atoms with E-state index in [9.17, 15) is 34.2 Å². The quantitative estimate of drug-likeness (QED) is 0.144. The molecule has 0 aromatic heterocycles. The van der Waals surface area contributed by atoms with Crippen LogP contribution in [0.2, 0.25) is 0 Å². The van der Waals surface area contributed by atoms with E-state index < -0.39 is 42.4 Å². The number of phenolic OH excluding ortho intramolecular Hbond substituents is 2. The fourth-order valence-electron chi connectivity index (χ4n) is 6.87. The molecule has 6 atom stereocenters. The molecule has 224 valence electrons. The minimum absolute atomic E-state index is 0.0999. The number of aromatic hydroxyl groups is 2. The summed E-state index contributed by atoms with van der Waals surface area (Å²) in [4.78, 5) is 60.1. The van der Waals surface area contributed by atoms with Crippen molar-refractivity contribution < 1.29 is 44.4 Å². The zero-order valence-corrected chi connectivity index (χ0v) is 23.7. The SMILES string of the molecule is C[C@]12CC[C@@H]3c4cc(SC[C@@H](NC(=O)CC[C@H](N)C(=O)O)C(=O)NCC(=O)O)c(O)c(O)c4CC[C@H]3[C@@H]1CCC2=O. The summed E-state index contributed by atoms with van der Waals surface area (Å²) < 4.78 is 0. The number of nitrogens with two attached hydrogens (primary N) is 1. The number of aliphatic carboxylic acids is 2. The predicted octanol–water partition coefficient (Wildman–Crippen LogP) is 1.49. The lowest BCUT2D eigenvalue weighted by atomic mass is 9.55. The number of Topliss-reactive ketones (excluding diaryl/α,β-unsaturated/α-hetero) is 1. The third kappa shape index (κ3) is 6.30. The van der Waals surface area contributed by atoms with Gasteiger partial charge in [0, 0.05) is 29.6 Å². The van der Waals surface area contributed by atoms with Gasteiger partial charge < -0.3 is 36.8 Å². The Balaban J connectivity index is 1.52. The molecule has 4 rings (SSSR count). The standard InChI is InChI=1S/C28H37N3O9S/c1-28-9-8-13-14(17(28)4-6-21(28)32)2-3-15-16(13)10-20(25(37)24(15)36)41-12-19(26(38)30-11-23(34)35)31-22(33)7-5-18(29)27(39)40/h10,13-14,17-19,36-37H,2-9,11-12,29H2,1H3,(H,30,38)(H,31,33)(H,34,35)(H,39,40)/t13-,14+,17-,18-,19+,28-/m0/s1. The molecule has 3 aliphatic rings. The van der Waals surface area contributed by atoms with Gasteiger partial charge in [-0.3, -0.25) is 24.0 Å². The van der Waals surface area contributed by atoms with Gasteiger partial charge >= 0.3 is 11.9 Å². The second-order valence-electron chi connectivity index (χ2n) is 11.5. The number of ketones is 1. The normalized spacial score (nSPS) is 26.2. The first-order chi connectivity index (χ1) is 19.3. The van der Waals surface area contributed by atoms with Crippen LogP contribution in [-0.4, -0.2) is 74.3 Å². The number of hydrogen-bond acceptors (Lipinski definition) is 9. The highest BCUT2D eigenvalue weighted by molar-refractivity contribution is 7.99. The van der Waals surface area contributed by atoms with Crippen molar-refractivity contribution >= 4 is 41.3 Å². The molecule has 2 fully saturated rings. The first kappa shape index (κ1) is 30.6. The number of nitrogens with one attached hydrogen (secondary N) is 2. The van der Waals surface area contributed by atoms with Crippen molar-refractivity contribution in [2.75, 3.05) is 12.3 Å². The lowest BCUT2D eigenvalue weighted by Gasteiger charge is -2.48. The van der Waals surface area contributed by atoms with Crippen LogP contribution in [-0.2, 0) is 30.4 Å². The van der Waals surface area contributed by atoms with E-state index >= 15 is 0 Å². The van der Waals surface area contributed by atoms with E-state index in [0.717, 1.165) is 43.0 Å². The molecule has 0 radical (unpaired) electrons. The van der Waals surface area contributed by atoms with Crippen LogP contribution in [0.1, 0.15) is 68.9 Å². The highest BCUT2D eigenvalue weighted by Gasteiger charge is 2.54. The number of carbonyl (C=O) groups excluding carboxylic acids is 3. The Morgan fingerprint density at radius 2 is 1.85 bits per heavy atom. The monoisotopic (exact) mass is 591 g/mol. The lowest BCUT2D eigenvalue weighted by molar-refractivity contribution is -0.139. The number of rotatable bonds is 11. The van der Waals surface area contributed by atoms with E-state index in [1.165, 1.54) is 0 Å². The van der Waals surface area contributed by atoms with Crippen LogP contribution in [0.15, 0.2) is 11.0 Å². The Morgan fingerprint density at radius 3 is 2.54 bits per heavy atom. The summed E-state index contributed by atoms with van der Waals surface area (Å²) in [5.74, 6) is -3.57. The van der Waals surface area contributed by atoms with E-state index in [2.05, 4.69) is 17.6 Å². The number of phenols is 2. The summed E-state index contributed by atoms with van der Waals surface area (Å²) >= 11 is 1.03. The molecule has 0 saturated heterocycles. The lowest BCUT2D eigenvalue weighted by Crippen LogP contribution is -2.49. The van der Waals surface area contributed by atoms with Crippen molar-refractivity contribution in [2.24, 2.45) is 23.0 Å². The Labute approximate surface area is 241 Å². The Kier molecular flexibility index (Phi) is 9.17. The average molecular weight is 592 g/mol. The first-order valence-electron chi connectivity index (χ1n) is 13.8. The molecule has 1 aromatic carbocycles. The molecule has 2 amide bonds. The fourth-order valence-corrected chi connectivity index (χ4v) is 7.90. The first-order valence-corrected chi connectivity index (χ1v) is 14.8. The second kappa shape index (κ2) is 12.3. The van der Waals surface area contributed by atoms with Gasteiger partial charge in [-0.15, -0.1) is 11.8 Å². The maximum absolute atomic E-state index is 12.7. The molecule has 12 nitrogen and oxygen atoms in total. The number of benzene rings is 1. The van der Waals surface area contributed by atoms with Crippen molar-refractivity contribution in [1.82, 2.24) is 10.6 Å². The summed E-state index contributed by atoms with van der Waals surface area (Å²) in [6.07, 6.45) is 4.00. The highest BCUT2D eigenvalue weighted by Crippen LogP contribution is 2.61. The molecule has 2 saturated carbocycles. The maximum atomic E-state index is 12.7. The van der Waals surface area contributed by atoms with Crippen LogP contribution in [0.3, 0.4) is 0 Å². The third-order valence-electron chi connectivity index (χ3n) is 9.12. The van der Waals surface area contributed by atoms with Crippen LogP contribution in [0.5, 0.6) is 11.5 Å². The zero-order valence-electron chi connectivity index (χ0n) is 22.9. The molecule has 3 aliphatic carbocycles. The molecule has 0 heterocycles. The van der Waals surface area contributed by atoms with Crippen LogP contribution < -0.4 is 16.4 Å². The number of hydrogen-bond donors (Lipinski definition) is 7. The van der Waals surface area contributed by atoms with Crippen molar-refractivity contribution in [1.29, 1.82) is 0 Å².